The van der Waals surface area contributed by atoms with Gasteiger partial charge in [-0.05, 0) is 12.8 Å². The van der Waals surface area contributed by atoms with Crippen LogP contribution in [0.1, 0.15) is 44.6 Å². The zero-order valence-corrected chi connectivity index (χ0v) is 13.8. The Balaban J connectivity index is 1.73. The van der Waals surface area contributed by atoms with Gasteiger partial charge in [-0.15, -0.1) is 5.10 Å². The van der Waals surface area contributed by atoms with Crippen LogP contribution in [-0.4, -0.2) is 38.7 Å². The lowest BCUT2D eigenvalue weighted by molar-refractivity contribution is -0.126. The van der Waals surface area contributed by atoms with E-state index in [4.69, 9.17) is 0 Å². The highest BCUT2D eigenvalue weighted by molar-refractivity contribution is 5.80. The Morgan fingerprint density at radius 3 is 2.71 bits per heavy atom. The first-order chi connectivity index (χ1) is 11.8. The van der Waals surface area contributed by atoms with Crippen LogP contribution in [0.15, 0.2) is 36.5 Å². The minimum absolute atomic E-state index is 0.0662. The number of amides is 1. The Labute approximate surface area is 141 Å². The zero-order chi connectivity index (χ0) is 16.8. The molecule has 1 heterocycles. The normalized spacial score (nSPS) is 16.7. The summed E-state index contributed by atoms with van der Waals surface area (Å²) in [5.41, 5.74) is 1.68. The maximum Gasteiger partial charge on any atom is 0.245 e. The molecule has 6 heteroatoms. The first-order valence-electron chi connectivity index (χ1n) is 8.66. The quantitative estimate of drug-likeness (QED) is 0.853. The number of hydrogen-bond acceptors (Lipinski definition) is 4. The number of aliphatic hydroxyl groups excluding tert-OH is 1. The topological polar surface area (TPSA) is 80.0 Å². The Morgan fingerprint density at radius 1 is 1.25 bits per heavy atom. The fraction of sp³-hybridized carbons (Fsp3) is 0.500. The third kappa shape index (κ3) is 4.00. The number of carbonyl (C=O) groups is 1. The third-order valence-electron chi connectivity index (χ3n) is 4.56. The Hall–Kier alpha value is -2.21. The summed E-state index contributed by atoms with van der Waals surface area (Å²) >= 11 is 0. The van der Waals surface area contributed by atoms with Crippen molar-refractivity contribution in [1.29, 1.82) is 0 Å². The van der Waals surface area contributed by atoms with Crippen LogP contribution in [0.3, 0.4) is 0 Å². The third-order valence-corrected chi connectivity index (χ3v) is 4.56. The van der Waals surface area contributed by atoms with E-state index in [0.717, 1.165) is 36.9 Å². The maximum absolute atomic E-state index is 12.6. The number of aliphatic hydroxyl groups is 1. The van der Waals surface area contributed by atoms with Crippen LogP contribution in [-0.2, 0) is 4.79 Å². The lowest BCUT2D eigenvalue weighted by atomic mass is 9.95. The first-order valence-corrected chi connectivity index (χ1v) is 8.66. The summed E-state index contributed by atoms with van der Waals surface area (Å²) in [6, 6.07) is 9.45. The molecule has 0 saturated heterocycles. The molecule has 1 aromatic carbocycles. The predicted octanol–water partition coefficient (Wildman–Crippen LogP) is 2.32. The predicted molar refractivity (Wildman–Crippen MR) is 91.2 cm³/mol. The number of benzene rings is 1. The molecule has 1 unspecified atom stereocenters. The molecule has 128 valence electrons. The van der Waals surface area contributed by atoms with Gasteiger partial charge in [-0.2, -0.15) is 0 Å². The van der Waals surface area contributed by atoms with E-state index in [2.05, 4.69) is 15.6 Å². The van der Waals surface area contributed by atoms with Gasteiger partial charge in [0.2, 0.25) is 5.91 Å². The van der Waals surface area contributed by atoms with Crippen LogP contribution >= 0.6 is 0 Å². The fourth-order valence-corrected chi connectivity index (χ4v) is 3.22. The van der Waals surface area contributed by atoms with Gasteiger partial charge >= 0.3 is 0 Å². The molecular weight excluding hydrogens is 304 g/mol. The minimum Gasteiger partial charge on any atom is -0.396 e. The smallest absolute Gasteiger partial charge is 0.245 e. The lowest BCUT2D eigenvalue weighted by Crippen LogP contribution is -2.41. The standard InChI is InChI=1S/C18H24N4O2/c23-12-11-17(18(24)19-15-9-5-2-6-10-15)22-13-16(20-21-22)14-7-3-1-4-8-14/h1,3-4,7-8,13,15,17,23H,2,5-6,9-12H2,(H,19,24). The Morgan fingerprint density at radius 2 is 2.00 bits per heavy atom. The van der Waals surface area contributed by atoms with E-state index < -0.39 is 6.04 Å². The average molecular weight is 328 g/mol. The van der Waals surface area contributed by atoms with Crippen molar-refractivity contribution in [3.8, 4) is 11.3 Å². The second-order valence-electron chi connectivity index (χ2n) is 6.32. The van der Waals surface area contributed by atoms with Crippen LogP contribution in [0, 0.1) is 0 Å². The molecule has 1 amide bonds. The van der Waals surface area contributed by atoms with E-state index in [1.165, 1.54) is 6.42 Å². The number of aromatic nitrogens is 3. The average Bonchev–Trinajstić information content (AvgIpc) is 3.11. The second-order valence-corrected chi connectivity index (χ2v) is 6.32. The van der Waals surface area contributed by atoms with Gasteiger partial charge in [-0.25, -0.2) is 4.68 Å². The van der Waals surface area contributed by atoms with Crippen molar-refractivity contribution in [2.75, 3.05) is 6.61 Å². The molecule has 0 bridgehead atoms. The largest absolute Gasteiger partial charge is 0.396 e. The monoisotopic (exact) mass is 328 g/mol. The number of hydrogen-bond donors (Lipinski definition) is 2. The summed E-state index contributed by atoms with van der Waals surface area (Å²) in [6.07, 6.45) is 7.74. The lowest BCUT2D eigenvalue weighted by Gasteiger charge is -2.25. The van der Waals surface area contributed by atoms with Crippen molar-refractivity contribution in [3.05, 3.63) is 36.5 Å². The summed E-state index contributed by atoms with van der Waals surface area (Å²) in [7, 11) is 0. The highest BCUT2D eigenvalue weighted by atomic mass is 16.3. The van der Waals surface area contributed by atoms with E-state index in [0.29, 0.717) is 6.42 Å². The van der Waals surface area contributed by atoms with E-state index in [9.17, 15) is 9.90 Å². The molecule has 1 aliphatic rings. The van der Waals surface area contributed by atoms with Gasteiger partial charge in [0, 0.05) is 24.6 Å². The summed E-state index contributed by atoms with van der Waals surface area (Å²) < 4.78 is 1.57. The molecule has 1 atom stereocenters. The minimum atomic E-state index is -0.526. The van der Waals surface area contributed by atoms with Gasteiger partial charge in [0.05, 0.1) is 6.20 Å². The highest BCUT2D eigenvalue weighted by Crippen LogP contribution is 2.21. The van der Waals surface area contributed by atoms with E-state index in [-0.39, 0.29) is 18.6 Å². The molecule has 24 heavy (non-hydrogen) atoms. The van der Waals surface area contributed by atoms with Crippen LogP contribution < -0.4 is 5.32 Å². The van der Waals surface area contributed by atoms with Crippen molar-refractivity contribution in [3.63, 3.8) is 0 Å². The number of carbonyl (C=O) groups excluding carboxylic acids is 1. The van der Waals surface area contributed by atoms with Gasteiger partial charge in [0.15, 0.2) is 0 Å². The van der Waals surface area contributed by atoms with Crippen LogP contribution in [0.5, 0.6) is 0 Å². The molecule has 0 aliphatic heterocycles. The van der Waals surface area contributed by atoms with Gasteiger partial charge in [-0.3, -0.25) is 4.79 Å². The molecule has 3 rings (SSSR count). The van der Waals surface area contributed by atoms with Crippen molar-refractivity contribution in [1.82, 2.24) is 20.3 Å². The van der Waals surface area contributed by atoms with Gasteiger partial charge in [0.1, 0.15) is 11.7 Å². The van der Waals surface area contributed by atoms with Crippen LogP contribution in [0.4, 0.5) is 0 Å². The summed E-state index contributed by atoms with van der Waals surface area (Å²) in [6.45, 7) is -0.0662. The summed E-state index contributed by atoms with van der Waals surface area (Å²) in [5, 5.41) is 20.7. The number of nitrogens with zero attached hydrogens (tertiary/aromatic N) is 3. The van der Waals surface area contributed by atoms with Gasteiger partial charge < -0.3 is 10.4 Å². The van der Waals surface area contributed by atoms with Crippen molar-refractivity contribution >= 4 is 5.91 Å². The molecule has 6 nitrogen and oxygen atoms in total. The number of rotatable bonds is 6. The first kappa shape index (κ1) is 16.6. The molecule has 1 saturated carbocycles. The van der Waals surface area contributed by atoms with E-state index in [1.807, 2.05) is 30.3 Å². The van der Waals surface area contributed by atoms with Gasteiger partial charge in [-0.1, -0.05) is 54.8 Å². The molecular formula is C18H24N4O2. The second kappa shape index (κ2) is 8.06. The van der Waals surface area contributed by atoms with Gasteiger partial charge in [0.25, 0.3) is 0 Å². The van der Waals surface area contributed by atoms with Crippen molar-refractivity contribution in [2.24, 2.45) is 0 Å². The maximum atomic E-state index is 12.6. The molecule has 1 aliphatic carbocycles. The molecule has 2 N–H and O–H groups in total. The summed E-state index contributed by atoms with van der Waals surface area (Å²) in [5.74, 6) is -0.0829. The van der Waals surface area contributed by atoms with Crippen molar-refractivity contribution in [2.45, 2.75) is 50.6 Å². The van der Waals surface area contributed by atoms with Crippen LogP contribution in [0.25, 0.3) is 11.3 Å². The highest BCUT2D eigenvalue weighted by Gasteiger charge is 2.25. The molecule has 1 fully saturated rings. The Bertz CT molecular complexity index is 650. The summed E-state index contributed by atoms with van der Waals surface area (Å²) in [4.78, 5) is 12.6. The molecule has 0 radical (unpaired) electrons. The number of nitrogens with one attached hydrogen (secondary N) is 1. The van der Waals surface area contributed by atoms with E-state index in [1.54, 1.807) is 10.9 Å². The molecule has 1 aromatic heterocycles. The van der Waals surface area contributed by atoms with Crippen LogP contribution in [0.2, 0.25) is 0 Å². The van der Waals surface area contributed by atoms with E-state index >= 15 is 0 Å². The zero-order valence-electron chi connectivity index (χ0n) is 13.8. The molecule has 0 spiro atoms. The Kier molecular flexibility index (Phi) is 5.59. The van der Waals surface area contributed by atoms with Crippen molar-refractivity contribution < 1.29 is 9.90 Å². The fourth-order valence-electron chi connectivity index (χ4n) is 3.22. The molecule has 2 aromatic rings. The SMILES string of the molecule is O=C(NC1CCCCC1)C(CCO)n1cc(-c2ccccc2)nn1.